The van der Waals surface area contributed by atoms with Crippen LogP contribution < -0.4 is 22.1 Å². The summed E-state index contributed by atoms with van der Waals surface area (Å²) >= 11 is 7.32. The first-order chi connectivity index (χ1) is 16.3. The fourth-order valence-corrected chi connectivity index (χ4v) is 4.47. The van der Waals surface area contributed by atoms with Gasteiger partial charge in [-0.1, -0.05) is 23.4 Å². The van der Waals surface area contributed by atoms with Crippen molar-refractivity contribution in [3.8, 4) is 12.3 Å². The average Bonchev–Trinajstić information content (AvgIpc) is 2.80. The minimum Gasteiger partial charge on any atom is -0.397 e. The Morgan fingerprint density at radius 2 is 1.94 bits per heavy atom. The highest BCUT2D eigenvalue weighted by atomic mass is 35.5. The van der Waals surface area contributed by atoms with E-state index in [1.54, 1.807) is 24.4 Å². The zero-order valence-electron chi connectivity index (χ0n) is 17.1. The number of pyridine rings is 1. The molecule has 168 valence electrons. The highest BCUT2D eigenvalue weighted by molar-refractivity contribution is 7.99. The molecule has 0 saturated heterocycles. The monoisotopic (exact) mass is 491 g/mol. The molecule has 0 aliphatic carbocycles. The number of rotatable bonds is 4. The number of benzene rings is 2. The van der Waals surface area contributed by atoms with E-state index in [-0.39, 0.29) is 34.5 Å². The van der Waals surface area contributed by atoms with E-state index in [0.717, 1.165) is 4.90 Å². The van der Waals surface area contributed by atoms with Crippen LogP contribution in [0.5, 0.6) is 0 Å². The SMILES string of the molecule is N#CNC1=NC(c2cc([N+](=O)[O-])ccc2Sc2ccc(Cl)cc2)c2c(nc(N)c(C#N)c2N)N1. The van der Waals surface area contributed by atoms with Crippen LogP contribution in [0.4, 0.5) is 23.0 Å². The zero-order valence-corrected chi connectivity index (χ0v) is 18.7. The molecule has 1 aliphatic rings. The van der Waals surface area contributed by atoms with Crippen LogP contribution in [0.25, 0.3) is 0 Å². The largest absolute Gasteiger partial charge is 0.397 e. The van der Waals surface area contributed by atoms with E-state index in [1.807, 2.05) is 18.2 Å². The van der Waals surface area contributed by atoms with Crippen LogP contribution >= 0.6 is 23.4 Å². The molecule has 0 amide bonds. The molecular weight excluding hydrogens is 478 g/mol. The number of anilines is 3. The Balaban J connectivity index is 1.95. The standard InChI is InChI=1S/C21H14ClN9O2S/c22-10-1-4-12(5-2-10)34-15-6-3-11(31(32)33)7-13(15)18-16-17(25)14(8-23)19(26)29-20(16)30-21(28-18)27-9-24/h1-7,18H,(H6,25,26,27,28,29,30). The minimum absolute atomic E-state index is 0.0326. The number of guanidine groups is 1. The Hall–Kier alpha value is -4.52. The van der Waals surface area contributed by atoms with Gasteiger partial charge in [0.05, 0.1) is 10.6 Å². The van der Waals surface area contributed by atoms with E-state index in [4.69, 9.17) is 28.3 Å². The Morgan fingerprint density at radius 1 is 1.21 bits per heavy atom. The number of nitrogens with one attached hydrogen (secondary N) is 2. The molecule has 0 fully saturated rings. The molecule has 0 bridgehead atoms. The quantitative estimate of drug-likeness (QED) is 0.180. The van der Waals surface area contributed by atoms with Crippen molar-refractivity contribution < 1.29 is 4.92 Å². The number of nitro benzene ring substituents is 1. The summed E-state index contributed by atoms with van der Waals surface area (Å²) in [5, 5.41) is 36.0. The lowest BCUT2D eigenvalue weighted by Gasteiger charge is -2.27. The van der Waals surface area contributed by atoms with Gasteiger partial charge in [-0.15, -0.1) is 0 Å². The van der Waals surface area contributed by atoms with Crippen LogP contribution in [0.2, 0.25) is 5.02 Å². The Morgan fingerprint density at radius 3 is 2.59 bits per heavy atom. The molecule has 1 atom stereocenters. The summed E-state index contributed by atoms with van der Waals surface area (Å²) < 4.78 is 0. The van der Waals surface area contributed by atoms with Crippen LogP contribution in [0, 0.1) is 32.9 Å². The molecule has 1 aromatic heterocycles. The molecule has 2 aromatic carbocycles. The molecular formula is C21H14ClN9O2S. The number of aliphatic imine (C=N–C) groups is 1. The number of nitrogen functional groups attached to an aromatic ring is 2. The number of fused-ring (bicyclic) bond motifs is 1. The molecule has 0 spiro atoms. The topological polar surface area (TPSA) is 192 Å². The predicted molar refractivity (Wildman–Crippen MR) is 128 cm³/mol. The van der Waals surface area contributed by atoms with Gasteiger partial charge in [0.25, 0.3) is 5.69 Å². The maximum atomic E-state index is 11.6. The second kappa shape index (κ2) is 9.15. The van der Waals surface area contributed by atoms with E-state index in [2.05, 4.69) is 20.6 Å². The van der Waals surface area contributed by atoms with Gasteiger partial charge in [-0.25, -0.2) is 9.98 Å². The van der Waals surface area contributed by atoms with Crippen LogP contribution in [0.15, 0.2) is 57.2 Å². The first-order valence-electron chi connectivity index (χ1n) is 9.53. The van der Waals surface area contributed by atoms with Gasteiger partial charge in [-0.05, 0) is 30.3 Å². The number of non-ortho nitro benzene ring substituents is 1. The number of hydrogen-bond acceptors (Lipinski definition) is 11. The van der Waals surface area contributed by atoms with Crippen LogP contribution in [-0.4, -0.2) is 15.9 Å². The fourth-order valence-electron chi connectivity index (χ4n) is 3.39. The molecule has 3 aromatic rings. The van der Waals surface area contributed by atoms with Gasteiger partial charge in [0.2, 0.25) is 5.96 Å². The maximum absolute atomic E-state index is 11.6. The number of nitro groups is 1. The van der Waals surface area contributed by atoms with E-state index in [0.29, 0.717) is 21.0 Å². The summed E-state index contributed by atoms with van der Waals surface area (Å²) in [6.07, 6.45) is 1.77. The molecule has 1 aliphatic heterocycles. The van der Waals surface area contributed by atoms with Gasteiger partial charge in [0, 0.05) is 38.1 Å². The average molecular weight is 492 g/mol. The summed E-state index contributed by atoms with van der Waals surface area (Å²) in [5.41, 5.74) is 12.8. The van der Waals surface area contributed by atoms with E-state index < -0.39 is 11.0 Å². The summed E-state index contributed by atoms with van der Waals surface area (Å²) in [6.45, 7) is 0. The van der Waals surface area contributed by atoms with Gasteiger partial charge >= 0.3 is 0 Å². The first-order valence-corrected chi connectivity index (χ1v) is 10.7. The molecule has 34 heavy (non-hydrogen) atoms. The maximum Gasteiger partial charge on any atom is 0.269 e. The van der Waals surface area contributed by atoms with Crippen LogP contribution in [-0.2, 0) is 0 Å². The summed E-state index contributed by atoms with van der Waals surface area (Å²) in [4.78, 5) is 21.2. The van der Waals surface area contributed by atoms with E-state index in [9.17, 15) is 15.4 Å². The second-order valence-electron chi connectivity index (χ2n) is 6.94. The Bertz CT molecular complexity index is 1430. The summed E-state index contributed by atoms with van der Waals surface area (Å²) in [7, 11) is 0. The lowest BCUT2D eigenvalue weighted by Crippen LogP contribution is -2.33. The van der Waals surface area contributed by atoms with Crippen molar-refractivity contribution in [3.63, 3.8) is 0 Å². The third-order valence-corrected chi connectivity index (χ3v) is 6.25. The molecule has 0 radical (unpaired) electrons. The van der Waals surface area contributed by atoms with Crippen molar-refractivity contribution in [1.82, 2.24) is 10.3 Å². The fraction of sp³-hybridized carbons (Fsp3) is 0.0476. The highest BCUT2D eigenvalue weighted by Gasteiger charge is 2.32. The van der Waals surface area contributed by atoms with Crippen LogP contribution in [0.1, 0.15) is 22.7 Å². The first kappa shape index (κ1) is 22.7. The number of aromatic nitrogens is 1. The van der Waals surface area contributed by atoms with Crippen molar-refractivity contribution in [3.05, 3.63) is 74.3 Å². The van der Waals surface area contributed by atoms with Crippen molar-refractivity contribution >= 4 is 52.3 Å². The van der Waals surface area contributed by atoms with Crippen molar-refractivity contribution in [2.24, 2.45) is 4.99 Å². The number of halogens is 1. The molecule has 11 nitrogen and oxygen atoms in total. The lowest BCUT2D eigenvalue weighted by atomic mass is 9.94. The number of nitriles is 2. The van der Waals surface area contributed by atoms with E-state index >= 15 is 0 Å². The Kier molecular flexibility index (Phi) is 6.10. The molecule has 2 heterocycles. The van der Waals surface area contributed by atoms with E-state index in [1.165, 1.54) is 23.9 Å². The zero-order chi connectivity index (χ0) is 24.4. The number of nitrogens with two attached hydrogens (primary N) is 2. The number of nitrogens with zero attached hydrogens (tertiary/aromatic N) is 5. The highest BCUT2D eigenvalue weighted by Crippen LogP contribution is 2.45. The number of hydrogen-bond donors (Lipinski definition) is 4. The predicted octanol–water partition coefficient (Wildman–Crippen LogP) is 3.77. The molecule has 13 heteroatoms. The third-order valence-electron chi connectivity index (χ3n) is 4.90. The summed E-state index contributed by atoms with van der Waals surface area (Å²) in [6, 6.07) is 12.4. The molecule has 6 N–H and O–H groups in total. The smallest absolute Gasteiger partial charge is 0.269 e. The van der Waals surface area contributed by atoms with Crippen molar-refractivity contribution in [1.29, 1.82) is 10.5 Å². The minimum atomic E-state index is -0.929. The van der Waals surface area contributed by atoms with Crippen molar-refractivity contribution in [2.45, 2.75) is 15.8 Å². The Labute approximate surface area is 202 Å². The summed E-state index contributed by atoms with van der Waals surface area (Å²) in [5.74, 6) is 0.128. The van der Waals surface area contributed by atoms with Gasteiger partial charge < -0.3 is 16.8 Å². The third kappa shape index (κ3) is 4.23. The normalized spacial score (nSPS) is 14.1. The molecule has 4 rings (SSSR count). The van der Waals surface area contributed by atoms with Crippen molar-refractivity contribution in [2.75, 3.05) is 16.8 Å². The van der Waals surface area contributed by atoms with Crippen LogP contribution in [0.3, 0.4) is 0 Å². The van der Waals surface area contributed by atoms with Gasteiger partial charge in [-0.2, -0.15) is 10.5 Å². The van der Waals surface area contributed by atoms with Gasteiger partial charge in [0.15, 0.2) is 6.19 Å². The second-order valence-corrected chi connectivity index (χ2v) is 8.49. The van der Waals surface area contributed by atoms with Gasteiger partial charge in [-0.3, -0.25) is 15.4 Å². The molecule has 1 unspecified atom stereocenters. The molecule has 0 saturated carbocycles. The lowest BCUT2D eigenvalue weighted by molar-refractivity contribution is -0.385. The van der Waals surface area contributed by atoms with Gasteiger partial charge in [0.1, 0.15) is 29.3 Å².